The van der Waals surface area contributed by atoms with Gasteiger partial charge in [-0.1, -0.05) is 11.6 Å². The number of piperidine rings is 1. The Labute approximate surface area is 196 Å². The van der Waals surface area contributed by atoms with Crippen LogP contribution in [0.5, 0.6) is 0 Å². The van der Waals surface area contributed by atoms with Gasteiger partial charge in [-0.15, -0.1) is 10.2 Å². The molecular formula is C23H24ClN7O2. The van der Waals surface area contributed by atoms with Crippen LogP contribution in [-0.2, 0) is 16.8 Å². The quantitative estimate of drug-likeness (QED) is 0.570. The molecule has 1 saturated carbocycles. The van der Waals surface area contributed by atoms with E-state index in [1.807, 2.05) is 24.3 Å². The predicted octanol–water partition coefficient (Wildman–Crippen LogP) is 3.67. The van der Waals surface area contributed by atoms with Crippen molar-refractivity contribution < 1.29 is 9.53 Å². The SMILES string of the molecule is COC(=O)N1Cc2cc(Cl)ccc2-n2c(C3CCN(c4ncccn4)CC3)nnc2C12CC2. The molecule has 0 N–H and O–H groups in total. The van der Waals surface area contributed by atoms with E-state index in [9.17, 15) is 4.79 Å². The molecule has 0 atom stereocenters. The molecule has 0 radical (unpaired) electrons. The summed E-state index contributed by atoms with van der Waals surface area (Å²) in [5.41, 5.74) is 1.47. The van der Waals surface area contributed by atoms with Crippen LogP contribution in [0, 0.1) is 0 Å². The van der Waals surface area contributed by atoms with E-state index in [-0.39, 0.29) is 12.0 Å². The van der Waals surface area contributed by atoms with Gasteiger partial charge in [0.15, 0.2) is 5.82 Å². The zero-order valence-corrected chi connectivity index (χ0v) is 19.1. The Balaban J connectivity index is 1.39. The predicted molar refractivity (Wildman–Crippen MR) is 121 cm³/mol. The third kappa shape index (κ3) is 3.25. The van der Waals surface area contributed by atoms with Crippen molar-refractivity contribution in [3.8, 4) is 5.69 Å². The minimum Gasteiger partial charge on any atom is -0.453 e. The molecule has 1 aliphatic carbocycles. The van der Waals surface area contributed by atoms with Gasteiger partial charge in [-0.2, -0.15) is 0 Å². The average molecular weight is 466 g/mol. The summed E-state index contributed by atoms with van der Waals surface area (Å²) >= 11 is 6.35. The third-order valence-corrected chi connectivity index (χ3v) is 7.28. The molecule has 2 fully saturated rings. The minimum absolute atomic E-state index is 0.246. The monoisotopic (exact) mass is 465 g/mol. The first-order valence-electron chi connectivity index (χ1n) is 11.2. The number of carbonyl (C=O) groups is 1. The average Bonchev–Trinajstić information content (AvgIpc) is 3.55. The normalized spacial score (nSPS) is 19.1. The van der Waals surface area contributed by atoms with E-state index in [1.54, 1.807) is 17.3 Å². The van der Waals surface area contributed by atoms with E-state index in [0.717, 1.165) is 67.6 Å². The first-order chi connectivity index (χ1) is 16.1. The van der Waals surface area contributed by atoms with Crippen LogP contribution in [0.3, 0.4) is 0 Å². The van der Waals surface area contributed by atoms with Crippen molar-refractivity contribution in [1.82, 2.24) is 29.6 Å². The van der Waals surface area contributed by atoms with Gasteiger partial charge in [-0.3, -0.25) is 9.47 Å². The maximum absolute atomic E-state index is 12.8. The Kier molecular flexibility index (Phi) is 4.76. The molecule has 9 nitrogen and oxygen atoms in total. The number of rotatable bonds is 2. The summed E-state index contributed by atoms with van der Waals surface area (Å²) in [5, 5.41) is 9.99. The molecule has 2 aromatic heterocycles. The molecule has 4 heterocycles. The van der Waals surface area contributed by atoms with Crippen LogP contribution >= 0.6 is 11.6 Å². The number of anilines is 1. The van der Waals surface area contributed by atoms with E-state index in [4.69, 9.17) is 16.3 Å². The van der Waals surface area contributed by atoms with Crippen LogP contribution in [0.1, 0.15) is 48.8 Å². The Morgan fingerprint density at radius 1 is 1.15 bits per heavy atom. The van der Waals surface area contributed by atoms with Gasteiger partial charge in [-0.05, 0) is 55.5 Å². The highest BCUT2D eigenvalue weighted by Gasteiger charge is 2.57. The van der Waals surface area contributed by atoms with Gasteiger partial charge in [0, 0.05) is 36.4 Å². The number of hydrogen-bond acceptors (Lipinski definition) is 7. The zero-order valence-electron chi connectivity index (χ0n) is 18.3. The molecule has 2 aliphatic heterocycles. The molecule has 0 bridgehead atoms. The molecule has 1 aromatic carbocycles. The van der Waals surface area contributed by atoms with Gasteiger partial charge >= 0.3 is 6.09 Å². The first-order valence-corrected chi connectivity index (χ1v) is 11.6. The van der Waals surface area contributed by atoms with E-state index in [1.165, 1.54) is 7.11 Å². The van der Waals surface area contributed by atoms with Crippen molar-refractivity contribution in [2.75, 3.05) is 25.1 Å². The minimum atomic E-state index is -0.484. The Morgan fingerprint density at radius 3 is 2.61 bits per heavy atom. The highest BCUT2D eigenvalue weighted by molar-refractivity contribution is 6.30. The Morgan fingerprint density at radius 2 is 1.91 bits per heavy atom. The van der Waals surface area contributed by atoms with Gasteiger partial charge in [-0.25, -0.2) is 14.8 Å². The molecule has 170 valence electrons. The molecule has 1 spiro atoms. The van der Waals surface area contributed by atoms with Gasteiger partial charge in [0.1, 0.15) is 11.4 Å². The van der Waals surface area contributed by atoms with Crippen molar-refractivity contribution in [2.45, 2.75) is 43.7 Å². The van der Waals surface area contributed by atoms with Gasteiger partial charge in [0.25, 0.3) is 0 Å². The lowest BCUT2D eigenvalue weighted by atomic mass is 9.95. The van der Waals surface area contributed by atoms with Crippen LogP contribution in [0.25, 0.3) is 5.69 Å². The van der Waals surface area contributed by atoms with Gasteiger partial charge in [0.2, 0.25) is 5.95 Å². The van der Waals surface area contributed by atoms with Crippen LogP contribution < -0.4 is 4.90 Å². The van der Waals surface area contributed by atoms with Crippen LogP contribution in [-0.4, -0.2) is 55.9 Å². The standard InChI is InChI=1S/C23H24ClN7O2/c1-33-22(32)30-14-16-13-17(24)3-4-18(16)31-19(27-28-20(31)23(30)7-8-23)15-5-11-29(12-6-15)21-25-9-2-10-26-21/h2-4,9-10,13,15H,5-8,11-12,14H2,1H3. The van der Waals surface area contributed by atoms with E-state index < -0.39 is 5.54 Å². The summed E-state index contributed by atoms with van der Waals surface area (Å²) in [4.78, 5) is 25.5. The Bertz CT molecular complexity index is 1200. The van der Waals surface area contributed by atoms with Crippen LogP contribution in [0.15, 0.2) is 36.7 Å². The lowest BCUT2D eigenvalue weighted by Gasteiger charge is -2.31. The van der Waals surface area contributed by atoms with Crippen molar-refractivity contribution in [2.24, 2.45) is 0 Å². The topological polar surface area (TPSA) is 89.3 Å². The lowest BCUT2D eigenvalue weighted by Crippen LogP contribution is -2.40. The molecule has 3 aromatic rings. The number of aromatic nitrogens is 5. The smallest absolute Gasteiger partial charge is 0.410 e. The fraction of sp³-hybridized carbons (Fsp3) is 0.435. The number of nitrogens with zero attached hydrogens (tertiary/aromatic N) is 7. The number of benzene rings is 1. The largest absolute Gasteiger partial charge is 0.453 e. The van der Waals surface area contributed by atoms with Crippen molar-refractivity contribution in [3.63, 3.8) is 0 Å². The number of carbonyl (C=O) groups excluding carboxylic acids is 1. The summed E-state index contributed by atoms with van der Waals surface area (Å²) in [7, 11) is 1.42. The molecule has 33 heavy (non-hydrogen) atoms. The van der Waals surface area contributed by atoms with E-state index in [0.29, 0.717) is 11.6 Å². The molecule has 0 unspecified atom stereocenters. The second-order valence-electron chi connectivity index (χ2n) is 8.89. The van der Waals surface area contributed by atoms with Crippen molar-refractivity contribution in [3.05, 3.63) is 58.9 Å². The summed E-state index contributed by atoms with van der Waals surface area (Å²) in [6.45, 7) is 2.13. The first kappa shape index (κ1) is 20.4. The number of fused-ring (bicyclic) bond motifs is 4. The highest BCUT2D eigenvalue weighted by atomic mass is 35.5. The highest BCUT2D eigenvalue weighted by Crippen LogP contribution is 2.54. The number of methoxy groups -OCH3 is 1. The number of ether oxygens (including phenoxy) is 1. The summed E-state index contributed by atoms with van der Waals surface area (Å²) in [6, 6.07) is 7.66. The van der Waals surface area contributed by atoms with Crippen molar-refractivity contribution >= 4 is 23.6 Å². The second-order valence-corrected chi connectivity index (χ2v) is 9.32. The van der Waals surface area contributed by atoms with Gasteiger partial charge in [0.05, 0.1) is 19.3 Å². The van der Waals surface area contributed by atoms with E-state index in [2.05, 4.69) is 29.6 Å². The Hall–Kier alpha value is -3.20. The van der Waals surface area contributed by atoms with Crippen molar-refractivity contribution in [1.29, 1.82) is 0 Å². The summed E-state index contributed by atoms with van der Waals surface area (Å²) in [6.07, 6.45) is 6.72. The van der Waals surface area contributed by atoms with Gasteiger partial charge < -0.3 is 9.64 Å². The maximum atomic E-state index is 12.8. The summed E-state index contributed by atoms with van der Waals surface area (Å²) < 4.78 is 7.32. The lowest BCUT2D eigenvalue weighted by molar-refractivity contribution is 0.0918. The molecule has 10 heteroatoms. The second kappa shape index (κ2) is 7.69. The van der Waals surface area contributed by atoms with Crippen LogP contribution in [0.2, 0.25) is 5.02 Å². The summed E-state index contributed by atoms with van der Waals surface area (Å²) in [5.74, 6) is 2.77. The van der Waals surface area contributed by atoms with E-state index >= 15 is 0 Å². The fourth-order valence-corrected chi connectivity index (χ4v) is 5.39. The zero-order chi connectivity index (χ0) is 22.6. The number of halogens is 1. The molecular weight excluding hydrogens is 442 g/mol. The number of amides is 1. The molecule has 3 aliphatic rings. The number of hydrogen-bond donors (Lipinski definition) is 0. The maximum Gasteiger partial charge on any atom is 0.410 e. The molecule has 1 saturated heterocycles. The molecule has 6 rings (SSSR count). The third-order valence-electron chi connectivity index (χ3n) is 7.05. The fourth-order valence-electron chi connectivity index (χ4n) is 5.19. The molecule has 1 amide bonds. The van der Waals surface area contributed by atoms with Crippen LogP contribution in [0.4, 0.5) is 10.7 Å².